The van der Waals surface area contributed by atoms with Gasteiger partial charge in [0.25, 0.3) is 0 Å². The zero-order chi connectivity index (χ0) is 16.6. The van der Waals surface area contributed by atoms with E-state index in [-0.39, 0.29) is 18.2 Å². The van der Waals surface area contributed by atoms with E-state index in [2.05, 4.69) is 15.7 Å². The number of benzene rings is 1. The maximum Gasteiger partial charge on any atom is 0.249 e. The van der Waals surface area contributed by atoms with Crippen LogP contribution in [0.15, 0.2) is 24.3 Å². The highest BCUT2D eigenvalue weighted by molar-refractivity contribution is 6.33. The van der Waals surface area contributed by atoms with Gasteiger partial charge in [-0.2, -0.15) is 5.10 Å². The molecule has 0 saturated heterocycles. The molecule has 0 spiro atoms. The Balaban J connectivity index is 1.88. The van der Waals surface area contributed by atoms with Gasteiger partial charge in [0.2, 0.25) is 11.8 Å². The van der Waals surface area contributed by atoms with Gasteiger partial charge >= 0.3 is 0 Å². The zero-order valence-corrected chi connectivity index (χ0v) is 13.3. The van der Waals surface area contributed by atoms with Gasteiger partial charge in [0.05, 0.1) is 29.9 Å². The van der Waals surface area contributed by atoms with E-state index in [1.165, 1.54) is 11.8 Å². The highest BCUT2D eigenvalue weighted by atomic mass is 35.5. The van der Waals surface area contributed by atoms with E-state index in [4.69, 9.17) is 16.3 Å². The molecule has 7 nitrogen and oxygen atoms in total. The summed E-state index contributed by atoms with van der Waals surface area (Å²) in [5.74, 6) is 0.492. The van der Waals surface area contributed by atoms with Crippen molar-refractivity contribution in [2.24, 2.45) is 0 Å². The van der Waals surface area contributed by atoms with Crippen molar-refractivity contribution in [3.8, 4) is 5.75 Å². The van der Waals surface area contributed by atoms with Crippen molar-refractivity contribution in [3.63, 3.8) is 0 Å². The Morgan fingerprint density at radius 1 is 1.48 bits per heavy atom. The van der Waals surface area contributed by atoms with Crippen molar-refractivity contribution in [3.05, 3.63) is 35.0 Å². The molecule has 2 heterocycles. The number of amides is 2. The molecule has 2 aromatic rings. The molecular formula is C15H15ClN4O3. The maximum atomic E-state index is 12.6. The lowest BCUT2D eigenvalue weighted by molar-refractivity contribution is -0.125. The van der Waals surface area contributed by atoms with Crippen LogP contribution in [0.25, 0.3) is 0 Å². The normalized spacial score (nSPS) is 16.5. The standard InChI is InChI=1S/C15H15ClN4O3/c1-8-5-13-18-14(21)7-12(20(13)19-8)15(22)17-11-6-9(23-2)3-4-10(11)16/h3-6,12H,7H2,1-2H3,(H,17,22)(H,18,21)/t12-/m1/s1. The molecule has 2 N–H and O–H groups in total. The lowest BCUT2D eigenvalue weighted by atomic mass is 10.1. The molecule has 23 heavy (non-hydrogen) atoms. The average Bonchev–Trinajstić information content (AvgIpc) is 2.88. The number of anilines is 2. The van der Waals surface area contributed by atoms with Crippen LogP contribution in [0.3, 0.4) is 0 Å². The summed E-state index contributed by atoms with van der Waals surface area (Å²) in [4.78, 5) is 24.4. The van der Waals surface area contributed by atoms with Crippen LogP contribution >= 0.6 is 11.6 Å². The highest BCUT2D eigenvalue weighted by Crippen LogP contribution is 2.30. The zero-order valence-electron chi connectivity index (χ0n) is 12.6. The smallest absolute Gasteiger partial charge is 0.249 e. The number of aromatic nitrogens is 2. The first-order valence-corrected chi connectivity index (χ1v) is 7.36. The van der Waals surface area contributed by atoms with Gasteiger partial charge in [0.1, 0.15) is 17.6 Å². The molecule has 1 atom stereocenters. The molecule has 0 saturated carbocycles. The van der Waals surface area contributed by atoms with Gasteiger partial charge < -0.3 is 15.4 Å². The summed E-state index contributed by atoms with van der Waals surface area (Å²) < 4.78 is 6.64. The van der Waals surface area contributed by atoms with Crippen molar-refractivity contribution in [2.75, 3.05) is 17.7 Å². The number of methoxy groups -OCH3 is 1. The average molecular weight is 335 g/mol. The Bertz CT molecular complexity index is 787. The minimum atomic E-state index is -0.727. The van der Waals surface area contributed by atoms with Crippen LogP contribution in [0.1, 0.15) is 18.2 Å². The van der Waals surface area contributed by atoms with Crippen molar-refractivity contribution in [2.45, 2.75) is 19.4 Å². The van der Waals surface area contributed by atoms with Gasteiger partial charge in [-0.3, -0.25) is 9.59 Å². The largest absolute Gasteiger partial charge is 0.497 e. The summed E-state index contributed by atoms with van der Waals surface area (Å²) in [7, 11) is 1.53. The minimum absolute atomic E-state index is 0.0154. The van der Waals surface area contributed by atoms with E-state index in [0.29, 0.717) is 22.3 Å². The van der Waals surface area contributed by atoms with Crippen molar-refractivity contribution < 1.29 is 14.3 Å². The summed E-state index contributed by atoms with van der Waals surface area (Å²) >= 11 is 6.10. The molecule has 1 aromatic heterocycles. The molecule has 1 aromatic carbocycles. The number of halogens is 1. The number of carbonyl (C=O) groups is 2. The maximum absolute atomic E-state index is 12.6. The van der Waals surface area contributed by atoms with Crippen LogP contribution in [0, 0.1) is 6.92 Å². The first-order chi connectivity index (χ1) is 11.0. The molecule has 0 bridgehead atoms. The number of ether oxygens (including phenoxy) is 1. The van der Waals surface area contributed by atoms with E-state index >= 15 is 0 Å². The van der Waals surface area contributed by atoms with E-state index in [9.17, 15) is 9.59 Å². The van der Waals surface area contributed by atoms with Gasteiger partial charge in [0, 0.05) is 12.1 Å². The first kappa shape index (κ1) is 15.4. The first-order valence-electron chi connectivity index (χ1n) is 6.98. The molecule has 2 amide bonds. The second-order valence-corrected chi connectivity index (χ2v) is 5.63. The summed E-state index contributed by atoms with van der Waals surface area (Å²) in [5, 5.41) is 10.1. The second-order valence-electron chi connectivity index (χ2n) is 5.22. The molecular weight excluding hydrogens is 320 g/mol. The summed E-state index contributed by atoms with van der Waals surface area (Å²) in [5.41, 5.74) is 1.15. The van der Waals surface area contributed by atoms with Gasteiger partial charge in [0.15, 0.2) is 0 Å². The van der Waals surface area contributed by atoms with E-state index in [0.717, 1.165) is 5.69 Å². The van der Waals surface area contributed by atoms with Crippen LogP contribution in [0.2, 0.25) is 5.02 Å². The molecule has 1 aliphatic rings. The molecule has 3 rings (SSSR count). The van der Waals surface area contributed by atoms with Gasteiger partial charge in [-0.1, -0.05) is 11.6 Å². The van der Waals surface area contributed by atoms with Gasteiger partial charge in [-0.15, -0.1) is 0 Å². The quantitative estimate of drug-likeness (QED) is 0.902. The Hall–Kier alpha value is -2.54. The highest BCUT2D eigenvalue weighted by Gasteiger charge is 2.31. The summed E-state index contributed by atoms with van der Waals surface area (Å²) in [6, 6.07) is 5.94. The second kappa shape index (κ2) is 5.92. The van der Waals surface area contributed by atoms with Crippen molar-refractivity contribution in [1.82, 2.24) is 9.78 Å². The number of nitrogens with one attached hydrogen (secondary N) is 2. The number of hydrogen-bond acceptors (Lipinski definition) is 4. The lowest BCUT2D eigenvalue weighted by Crippen LogP contribution is -2.35. The number of hydrogen-bond donors (Lipinski definition) is 2. The van der Waals surface area contributed by atoms with Crippen LogP contribution in [-0.4, -0.2) is 28.7 Å². The Morgan fingerprint density at radius 3 is 3.00 bits per heavy atom. The number of aryl methyl sites for hydroxylation is 1. The summed E-state index contributed by atoms with van der Waals surface area (Å²) in [6.07, 6.45) is 0.0154. The fourth-order valence-corrected chi connectivity index (χ4v) is 2.62. The van der Waals surface area contributed by atoms with Crippen LogP contribution in [0.4, 0.5) is 11.5 Å². The van der Waals surface area contributed by atoms with Gasteiger partial charge in [-0.05, 0) is 19.1 Å². The number of rotatable bonds is 3. The number of fused-ring (bicyclic) bond motifs is 1. The molecule has 0 aliphatic carbocycles. The lowest BCUT2D eigenvalue weighted by Gasteiger charge is -2.24. The Labute approximate surface area is 137 Å². The third-order valence-corrected chi connectivity index (χ3v) is 3.86. The fourth-order valence-electron chi connectivity index (χ4n) is 2.45. The molecule has 1 aliphatic heterocycles. The minimum Gasteiger partial charge on any atom is -0.497 e. The van der Waals surface area contributed by atoms with E-state index < -0.39 is 6.04 Å². The number of nitrogens with zero attached hydrogens (tertiary/aromatic N) is 2. The van der Waals surface area contributed by atoms with Crippen LogP contribution < -0.4 is 15.4 Å². The third kappa shape index (κ3) is 3.00. The Kier molecular flexibility index (Phi) is 3.96. The van der Waals surface area contributed by atoms with Gasteiger partial charge in [-0.25, -0.2) is 4.68 Å². The fraction of sp³-hybridized carbons (Fsp3) is 0.267. The molecule has 0 radical (unpaired) electrons. The van der Waals surface area contributed by atoms with Crippen LogP contribution in [-0.2, 0) is 9.59 Å². The molecule has 120 valence electrons. The van der Waals surface area contributed by atoms with Crippen molar-refractivity contribution in [1.29, 1.82) is 0 Å². The number of carbonyl (C=O) groups excluding carboxylic acids is 2. The third-order valence-electron chi connectivity index (χ3n) is 3.53. The topological polar surface area (TPSA) is 85.2 Å². The monoisotopic (exact) mass is 334 g/mol. The molecule has 0 unspecified atom stereocenters. The van der Waals surface area contributed by atoms with E-state index in [1.807, 2.05) is 0 Å². The SMILES string of the molecule is COc1ccc(Cl)c(NC(=O)[C@H]2CC(=O)Nc3cc(C)nn32)c1. The predicted molar refractivity (Wildman–Crippen MR) is 85.9 cm³/mol. The summed E-state index contributed by atoms with van der Waals surface area (Å²) in [6.45, 7) is 1.80. The van der Waals surface area contributed by atoms with Crippen molar-refractivity contribution >= 4 is 34.9 Å². The molecule has 0 fully saturated rings. The Morgan fingerprint density at radius 2 is 2.26 bits per heavy atom. The predicted octanol–water partition coefficient (Wildman–Crippen LogP) is 2.38. The molecule has 8 heteroatoms. The van der Waals surface area contributed by atoms with Crippen LogP contribution in [0.5, 0.6) is 5.75 Å². The van der Waals surface area contributed by atoms with E-state index in [1.54, 1.807) is 31.2 Å².